The fourth-order valence-corrected chi connectivity index (χ4v) is 3.51. The molecule has 150 valence electrons. The van der Waals surface area contributed by atoms with Gasteiger partial charge < -0.3 is 15.4 Å². The molecular formula is C19H23N3O5S. The van der Waals surface area contributed by atoms with Crippen LogP contribution in [-0.4, -0.2) is 44.7 Å². The molecule has 8 nitrogen and oxygen atoms in total. The standard InChI is InChI=1S/C19H23N3O5S/c1-4-27-17-9-5-16(6-10-17)21-19(24)13-22(3)28(25,26)18-11-7-15(8-12-18)20-14(2)23/h5-12H,4,13H2,1-3H3,(H,20,23)(H,21,24). The largest absolute Gasteiger partial charge is 0.494 e. The summed E-state index contributed by atoms with van der Waals surface area (Å²) in [6.45, 7) is 3.43. The number of amides is 2. The van der Waals surface area contributed by atoms with E-state index in [-0.39, 0.29) is 17.3 Å². The van der Waals surface area contributed by atoms with Gasteiger partial charge in [-0.3, -0.25) is 9.59 Å². The Morgan fingerprint density at radius 3 is 2.04 bits per heavy atom. The van der Waals surface area contributed by atoms with E-state index in [1.807, 2.05) is 6.92 Å². The van der Waals surface area contributed by atoms with Crippen molar-refractivity contribution < 1.29 is 22.7 Å². The molecular weight excluding hydrogens is 382 g/mol. The Balaban J connectivity index is 2.00. The summed E-state index contributed by atoms with van der Waals surface area (Å²) in [6, 6.07) is 12.5. The number of nitrogens with zero attached hydrogens (tertiary/aromatic N) is 1. The maximum Gasteiger partial charge on any atom is 0.243 e. The molecule has 0 radical (unpaired) electrons. The Morgan fingerprint density at radius 2 is 1.50 bits per heavy atom. The molecule has 2 amide bonds. The smallest absolute Gasteiger partial charge is 0.243 e. The van der Waals surface area contributed by atoms with Crippen molar-refractivity contribution in [2.45, 2.75) is 18.7 Å². The van der Waals surface area contributed by atoms with Gasteiger partial charge in [0.05, 0.1) is 18.0 Å². The topological polar surface area (TPSA) is 105 Å². The van der Waals surface area contributed by atoms with Crippen molar-refractivity contribution in [3.8, 4) is 5.75 Å². The number of ether oxygens (including phenoxy) is 1. The second kappa shape index (κ2) is 9.34. The molecule has 0 aliphatic carbocycles. The van der Waals surface area contributed by atoms with E-state index in [0.29, 0.717) is 23.7 Å². The first-order valence-corrected chi connectivity index (χ1v) is 10.0. The van der Waals surface area contributed by atoms with Crippen molar-refractivity contribution >= 4 is 33.2 Å². The molecule has 2 aromatic carbocycles. The number of carbonyl (C=O) groups excluding carboxylic acids is 2. The molecule has 0 saturated carbocycles. The zero-order chi connectivity index (χ0) is 20.7. The molecule has 0 aliphatic rings. The number of hydrogen-bond acceptors (Lipinski definition) is 5. The third-order valence-electron chi connectivity index (χ3n) is 3.70. The first-order valence-electron chi connectivity index (χ1n) is 8.59. The van der Waals surface area contributed by atoms with E-state index in [0.717, 1.165) is 4.31 Å². The molecule has 0 spiro atoms. The van der Waals surface area contributed by atoms with Gasteiger partial charge in [0.1, 0.15) is 5.75 Å². The summed E-state index contributed by atoms with van der Waals surface area (Å²) in [6.07, 6.45) is 0. The van der Waals surface area contributed by atoms with Gasteiger partial charge in [0, 0.05) is 25.3 Å². The molecule has 0 aliphatic heterocycles. The average molecular weight is 405 g/mol. The minimum atomic E-state index is -3.85. The SMILES string of the molecule is CCOc1ccc(NC(=O)CN(C)S(=O)(=O)c2ccc(NC(C)=O)cc2)cc1. The van der Waals surface area contributed by atoms with Crippen LogP contribution < -0.4 is 15.4 Å². The summed E-state index contributed by atoms with van der Waals surface area (Å²) in [4.78, 5) is 23.3. The van der Waals surface area contributed by atoms with E-state index in [1.165, 1.54) is 38.2 Å². The van der Waals surface area contributed by atoms with Crippen LogP contribution in [0.15, 0.2) is 53.4 Å². The Morgan fingerprint density at radius 1 is 0.964 bits per heavy atom. The Bertz CT molecular complexity index is 925. The lowest BCUT2D eigenvalue weighted by Gasteiger charge is -2.17. The highest BCUT2D eigenvalue weighted by Gasteiger charge is 2.23. The predicted molar refractivity (Wildman–Crippen MR) is 107 cm³/mol. The third kappa shape index (κ3) is 5.80. The predicted octanol–water partition coefficient (Wildman–Crippen LogP) is 2.30. The lowest BCUT2D eigenvalue weighted by atomic mass is 10.3. The normalized spacial score (nSPS) is 11.1. The van der Waals surface area contributed by atoms with Gasteiger partial charge in [0.15, 0.2) is 0 Å². The summed E-state index contributed by atoms with van der Waals surface area (Å²) in [7, 11) is -2.52. The number of hydrogen-bond donors (Lipinski definition) is 2. The summed E-state index contributed by atoms with van der Waals surface area (Å²) in [5.74, 6) is -0.0355. The molecule has 9 heteroatoms. The molecule has 2 N–H and O–H groups in total. The van der Waals surface area contributed by atoms with Gasteiger partial charge in [0.25, 0.3) is 0 Å². The van der Waals surface area contributed by atoms with E-state index < -0.39 is 15.9 Å². The molecule has 0 heterocycles. The maximum absolute atomic E-state index is 12.6. The zero-order valence-electron chi connectivity index (χ0n) is 15.9. The van der Waals surface area contributed by atoms with Gasteiger partial charge >= 0.3 is 0 Å². The van der Waals surface area contributed by atoms with Crippen LogP contribution in [0.3, 0.4) is 0 Å². The van der Waals surface area contributed by atoms with Crippen LogP contribution in [0.4, 0.5) is 11.4 Å². The van der Waals surface area contributed by atoms with Crippen molar-refractivity contribution in [3.05, 3.63) is 48.5 Å². The van der Waals surface area contributed by atoms with Crippen LogP contribution in [0.5, 0.6) is 5.75 Å². The fourth-order valence-electron chi connectivity index (χ4n) is 2.38. The van der Waals surface area contributed by atoms with Gasteiger partial charge in [-0.05, 0) is 55.5 Å². The molecule has 0 fully saturated rings. The molecule has 0 saturated heterocycles. The number of likely N-dealkylation sites (N-methyl/N-ethyl adjacent to an activating group) is 1. The average Bonchev–Trinajstić information content (AvgIpc) is 2.63. The van der Waals surface area contributed by atoms with Crippen molar-refractivity contribution in [3.63, 3.8) is 0 Å². The first-order chi connectivity index (χ1) is 13.2. The third-order valence-corrected chi connectivity index (χ3v) is 5.52. The molecule has 0 atom stereocenters. The molecule has 28 heavy (non-hydrogen) atoms. The molecule has 0 bridgehead atoms. The van der Waals surface area contributed by atoms with Crippen molar-refractivity contribution in [2.75, 3.05) is 30.8 Å². The van der Waals surface area contributed by atoms with Crippen LogP contribution >= 0.6 is 0 Å². The number of benzene rings is 2. The van der Waals surface area contributed by atoms with Gasteiger partial charge in [-0.25, -0.2) is 8.42 Å². The van der Waals surface area contributed by atoms with Gasteiger partial charge in [-0.2, -0.15) is 4.31 Å². The highest BCUT2D eigenvalue weighted by atomic mass is 32.2. The number of sulfonamides is 1. The van der Waals surface area contributed by atoms with Crippen LogP contribution in [0, 0.1) is 0 Å². The van der Waals surface area contributed by atoms with E-state index in [2.05, 4.69) is 10.6 Å². The van der Waals surface area contributed by atoms with E-state index in [4.69, 9.17) is 4.74 Å². The minimum Gasteiger partial charge on any atom is -0.494 e. The van der Waals surface area contributed by atoms with Crippen molar-refractivity contribution in [1.29, 1.82) is 0 Å². The monoisotopic (exact) mass is 405 g/mol. The lowest BCUT2D eigenvalue weighted by Crippen LogP contribution is -2.34. The highest BCUT2D eigenvalue weighted by molar-refractivity contribution is 7.89. The number of nitrogens with one attached hydrogen (secondary N) is 2. The Labute approximate surface area is 164 Å². The molecule has 0 unspecified atom stereocenters. The highest BCUT2D eigenvalue weighted by Crippen LogP contribution is 2.18. The summed E-state index contributed by atoms with van der Waals surface area (Å²) >= 11 is 0. The van der Waals surface area contributed by atoms with Crippen LogP contribution in [0.25, 0.3) is 0 Å². The number of rotatable bonds is 8. The Hall–Kier alpha value is -2.91. The Kier molecular flexibility index (Phi) is 7.13. The maximum atomic E-state index is 12.6. The number of anilines is 2. The minimum absolute atomic E-state index is 0.0259. The summed E-state index contributed by atoms with van der Waals surface area (Å²) in [5.41, 5.74) is 1.03. The summed E-state index contributed by atoms with van der Waals surface area (Å²) in [5, 5.41) is 5.21. The van der Waals surface area contributed by atoms with Crippen molar-refractivity contribution in [2.24, 2.45) is 0 Å². The quantitative estimate of drug-likeness (QED) is 0.701. The van der Waals surface area contributed by atoms with Crippen LogP contribution in [0.1, 0.15) is 13.8 Å². The van der Waals surface area contributed by atoms with E-state index in [9.17, 15) is 18.0 Å². The molecule has 2 rings (SSSR count). The van der Waals surface area contributed by atoms with E-state index in [1.54, 1.807) is 24.3 Å². The lowest BCUT2D eigenvalue weighted by molar-refractivity contribution is -0.116. The summed E-state index contributed by atoms with van der Waals surface area (Å²) < 4.78 is 31.5. The molecule has 0 aromatic heterocycles. The van der Waals surface area contributed by atoms with Gasteiger partial charge in [-0.15, -0.1) is 0 Å². The van der Waals surface area contributed by atoms with Crippen molar-refractivity contribution in [1.82, 2.24) is 4.31 Å². The van der Waals surface area contributed by atoms with E-state index >= 15 is 0 Å². The zero-order valence-corrected chi connectivity index (χ0v) is 16.7. The van der Waals surface area contributed by atoms with Crippen LogP contribution in [0.2, 0.25) is 0 Å². The van der Waals surface area contributed by atoms with Gasteiger partial charge in [-0.1, -0.05) is 0 Å². The first kappa shape index (κ1) is 21.4. The second-order valence-electron chi connectivity index (χ2n) is 5.97. The van der Waals surface area contributed by atoms with Crippen LogP contribution in [-0.2, 0) is 19.6 Å². The second-order valence-corrected chi connectivity index (χ2v) is 8.02. The number of carbonyl (C=O) groups is 2. The fraction of sp³-hybridized carbons (Fsp3) is 0.263. The van der Waals surface area contributed by atoms with Gasteiger partial charge in [0.2, 0.25) is 21.8 Å². The molecule has 2 aromatic rings.